The molecule has 0 fully saturated rings. The summed E-state index contributed by atoms with van der Waals surface area (Å²) in [7, 11) is 1.68. The van der Waals surface area contributed by atoms with Crippen LogP contribution in [-0.2, 0) is 41.9 Å². The molecule has 22 N–H and O–H groups in total. The number of ether oxygens (including phenoxy) is 1. The molecule has 125 heavy (non-hydrogen) atoms. The number of carbonyl (C=O) groups is 5. The highest BCUT2D eigenvalue weighted by Gasteiger charge is 2.32. The van der Waals surface area contributed by atoms with Crippen LogP contribution in [0, 0.1) is 16.7 Å². The number of allylic oxidation sites excluding steroid dienone is 10. The van der Waals surface area contributed by atoms with Crippen molar-refractivity contribution in [3.05, 3.63) is 366 Å². The average molecular weight is 1720 g/mol. The number of benzene rings is 10. The fourth-order valence-electron chi connectivity index (χ4n) is 13.9. The Kier molecular flexibility index (Phi) is 33.8. The fraction of sp³-hybridized carbons (Fsp3) is 0.173. The number of fused-ring (bicyclic) bond motifs is 2. The summed E-state index contributed by atoms with van der Waals surface area (Å²) in [4.78, 5) is 74.2. The Hall–Kier alpha value is -14.6. The number of amides is 4. The van der Waals surface area contributed by atoms with E-state index in [-0.39, 0.29) is 59.4 Å². The number of nitrogen functional groups attached to an aromatic ring is 4. The number of nitrogens with zero attached hydrogens (tertiary/aromatic N) is 3. The van der Waals surface area contributed by atoms with Gasteiger partial charge in [-0.15, -0.1) is 22.7 Å². The van der Waals surface area contributed by atoms with Gasteiger partial charge in [0.1, 0.15) is 35.3 Å². The molecule has 4 amide bonds. The van der Waals surface area contributed by atoms with Crippen molar-refractivity contribution in [2.45, 2.75) is 96.7 Å². The average Bonchev–Trinajstić information content (AvgIpc) is 1.42. The molecule has 644 valence electrons. The van der Waals surface area contributed by atoms with Crippen LogP contribution in [0.1, 0.15) is 121 Å². The van der Waals surface area contributed by atoms with Crippen LogP contribution in [0.4, 0.5) is 32.3 Å². The molecule has 0 aliphatic heterocycles. The number of carbonyl (C=O) groups excluding carboxylic acids is 3. The zero-order valence-corrected chi connectivity index (χ0v) is 71.1. The van der Waals surface area contributed by atoms with Crippen molar-refractivity contribution < 1.29 is 65.2 Å². The minimum absolute atomic E-state index is 0. The lowest BCUT2D eigenvalue weighted by Crippen LogP contribution is -2.55. The highest BCUT2D eigenvalue weighted by Crippen LogP contribution is 2.40. The summed E-state index contributed by atoms with van der Waals surface area (Å²) >= 11 is 2.95. The van der Waals surface area contributed by atoms with Gasteiger partial charge in [-0.05, 0) is 187 Å². The molecular weight excluding hydrogens is 1620 g/mol. The quantitative estimate of drug-likeness (QED) is 0.0236. The molecule has 27 heteroatoms. The fourth-order valence-corrected chi connectivity index (χ4v) is 15.3. The maximum atomic E-state index is 13.9. The molecule has 0 bridgehead atoms. The highest BCUT2D eigenvalue weighted by atomic mass is 32.1. The number of alkyl carbamates (subject to hydrolysis) is 1. The molecule has 12 aromatic rings. The molecule has 0 saturated heterocycles. The van der Waals surface area contributed by atoms with Crippen molar-refractivity contribution in [3.8, 4) is 11.5 Å². The van der Waals surface area contributed by atoms with Crippen LogP contribution in [0.15, 0.2) is 295 Å². The summed E-state index contributed by atoms with van der Waals surface area (Å²) < 4.78 is 5.42. The van der Waals surface area contributed by atoms with Crippen LogP contribution in [-0.4, -0.2) is 124 Å². The van der Waals surface area contributed by atoms with Gasteiger partial charge >= 0.3 is 24.1 Å². The van der Waals surface area contributed by atoms with Crippen LogP contribution in [0.2, 0.25) is 0 Å². The van der Waals surface area contributed by atoms with E-state index in [4.69, 9.17) is 38.5 Å². The predicted octanol–water partition coefficient (Wildman–Crippen LogP) is 16.2. The third-order valence-electron chi connectivity index (χ3n) is 20.3. The lowest BCUT2D eigenvalue weighted by atomic mass is 9.90. The smallest absolute Gasteiger partial charge is 0.407 e. The van der Waals surface area contributed by atoms with E-state index in [2.05, 4.69) is 39.8 Å². The maximum Gasteiger partial charge on any atom is 0.407 e. The first-order valence-electron chi connectivity index (χ1n) is 39.7. The summed E-state index contributed by atoms with van der Waals surface area (Å²) in [6.07, 6.45) is 15.8. The number of aliphatic hydroxyl groups is 1. The number of aromatic nitrogens is 2. The first-order chi connectivity index (χ1) is 59.1. The Morgan fingerprint density at radius 2 is 0.944 bits per heavy atom. The normalized spacial score (nSPS) is 12.8. The second-order valence-electron chi connectivity index (χ2n) is 30.2. The number of urea groups is 1. The zero-order chi connectivity index (χ0) is 87.8. The van der Waals surface area contributed by atoms with Crippen LogP contribution >= 0.6 is 22.7 Å². The van der Waals surface area contributed by atoms with E-state index in [1.807, 2.05) is 201 Å². The molecule has 0 saturated carbocycles. The van der Waals surface area contributed by atoms with Gasteiger partial charge in [0.2, 0.25) is 5.91 Å². The lowest BCUT2D eigenvalue weighted by molar-refractivity contribution is -0.124. The maximum absolute atomic E-state index is 13.9. The molecule has 10 aromatic carbocycles. The number of nitrogens with one attached hydrogen (secondary N) is 5. The van der Waals surface area contributed by atoms with Gasteiger partial charge in [-0.25, -0.2) is 24.2 Å². The van der Waals surface area contributed by atoms with Crippen molar-refractivity contribution in [3.63, 3.8) is 0 Å². The third-order valence-corrected chi connectivity index (χ3v) is 22.3. The molecule has 2 aliphatic carbocycles. The van der Waals surface area contributed by atoms with Gasteiger partial charge in [0, 0.05) is 70.9 Å². The van der Waals surface area contributed by atoms with Gasteiger partial charge in [0.05, 0.1) is 51.2 Å². The Bertz CT molecular complexity index is 5580. The van der Waals surface area contributed by atoms with Crippen molar-refractivity contribution in [1.82, 2.24) is 30.8 Å². The van der Waals surface area contributed by atoms with E-state index in [1.165, 1.54) is 28.4 Å². The number of aromatic hydroxyl groups is 2. The van der Waals surface area contributed by atoms with E-state index in [0.29, 0.717) is 69.4 Å². The number of thiazole rings is 2. The van der Waals surface area contributed by atoms with E-state index in [1.54, 1.807) is 103 Å². The highest BCUT2D eigenvalue weighted by molar-refractivity contribution is 7.10. The Balaban J connectivity index is 0.000000200. The molecule has 2 aromatic heterocycles. The number of phenols is 2. The van der Waals surface area contributed by atoms with Gasteiger partial charge in [0.15, 0.2) is 0 Å². The van der Waals surface area contributed by atoms with Crippen LogP contribution in [0.5, 0.6) is 11.5 Å². The summed E-state index contributed by atoms with van der Waals surface area (Å²) in [6, 6.07) is 64.8. The first-order valence-corrected chi connectivity index (χ1v) is 41.5. The Labute approximate surface area is 732 Å². The number of nitrogens with two attached hydrogens (primary N) is 4. The van der Waals surface area contributed by atoms with E-state index in [9.17, 15) is 49.5 Å². The van der Waals surface area contributed by atoms with Crippen molar-refractivity contribution in [1.29, 1.82) is 10.8 Å². The Morgan fingerprint density at radius 1 is 0.528 bits per heavy atom. The lowest BCUT2D eigenvalue weighted by Gasteiger charge is -2.30. The van der Waals surface area contributed by atoms with Crippen molar-refractivity contribution in [2.24, 2.45) is 5.92 Å². The number of aromatic carboxylic acids is 2. The molecular formula is C98H102N12O13S2. The van der Waals surface area contributed by atoms with E-state index in [0.717, 1.165) is 94.0 Å². The minimum Gasteiger partial charge on any atom is -0.507 e. The van der Waals surface area contributed by atoms with Crippen molar-refractivity contribution >= 4 is 120 Å². The van der Waals surface area contributed by atoms with Gasteiger partial charge < -0.3 is 95.8 Å². The predicted molar refractivity (Wildman–Crippen MR) is 500 cm³/mol. The summed E-state index contributed by atoms with van der Waals surface area (Å²) in [5, 5.41) is 81.6. The molecule has 25 nitrogen and oxygen atoms in total. The number of rotatable bonds is 25. The number of hydrogen-bond donors (Lipinski definition) is 14. The van der Waals surface area contributed by atoms with Crippen LogP contribution in [0.3, 0.4) is 0 Å². The second-order valence-corrected chi connectivity index (χ2v) is 32.0. The molecule has 0 spiro atoms. The van der Waals surface area contributed by atoms with Gasteiger partial charge in [-0.2, -0.15) is 0 Å². The molecule has 2 aliphatic rings. The van der Waals surface area contributed by atoms with Crippen molar-refractivity contribution in [2.75, 3.05) is 30.0 Å². The number of anilines is 4. The number of hydrogen-bond acceptors (Lipinski definition) is 19. The SMILES string of the molecule is CC(C)c1nc(CN(C)C(=O)N[C@H](C(=O)N[C@@H](Cc2ccccc2)C[C@H](O)[C@H](Cc2ccccc2)NC(=O)OCc2cncs2)C(C)C)cs1.N=C1C=CC(=C(c2ccc(N)cc2)c2ccc(N)cc2)C=C1.N=C1C=CC(=C(c2ccc(N)cc2)c2ccc(N)cc2)C=C1.O.O.O=C(O)c1cc2ccccc2c(Cc2c(O)c(C(=O)O)cc3ccccc23)c1O. The standard InChI is InChI=1S/C37H48N6O5S2.C23H16O6.2C19H17N3.2H2O/c1-24(2)33(42-36(46)43(5)20-29-22-49-35(40-29)25(3)4)34(45)39-28(16-26-12-8-6-9-13-26)18-32(44)31(17-27-14-10-7-11-15-27)41-37(47)48-21-30-19-38-23-50-30;24-20-16(14-7-3-1-5-12(14)9-18(20)22(26)27)11-17-15-8-4-2-6-13(15)10-19(21(17)25)23(28)29;2*20-16-7-1-13(2-8-16)19(14-3-9-17(21)10-4-14)15-5-11-18(22)12-6-15;;/h6-15,19,22-25,28,31-33,44H,16-18,20-21H2,1-5H3,(H,39,45)(H,41,47)(H,42,46);1-10,24-25H,11H2,(H,26,27)(H,28,29);2*1-12,20H,21-22H2;2*1H2/t28-,31-,32-,33-;;;;;/m0...../s1. The zero-order valence-electron chi connectivity index (χ0n) is 69.5. The third kappa shape index (κ3) is 26.0. The number of aliphatic hydroxyl groups excluding tert-OH is 1. The summed E-state index contributed by atoms with van der Waals surface area (Å²) in [5.74, 6) is -3.63. The Morgan fingerprint density at radius 3 is 1.34 bits per heavy atom. The number of carboxylic acid groups (broad SMARTS) is 2. The number of carboxylic acids is 2. The summed E-state index contributed by atoms with van der Waals surface area (Å²) in [6.45, 7) is 8.28. The van der Waals surface area contributed by atoms with Gasteiger partial charge in [0.25, 0.3) is 0 Å². The van der Waals surface area contributed by atoms with Gasteiger partial charge in [-0.1, -0.05) is 210 Å². The summed E-state index contributed by atoms with van der Waals surface area (Å²) in [5.41, 5.74) is 40.2. The van der Waals surface area contributed by atoms with E-state index >= 15 is 0 Å². The molecule has 0 radical (unpaired) electrons. The minimum atomic E-state index is -1.28. The first kappa shape index (κ1) is 94.2. The molecule has 4 atom stereocenters. The molecule has 0 unspecified atom stereocenters. The monoisotopic (exact) mass is 1720 g/mol. The topological polar surface area (TPSA) is 476 Å². The molecule has 14 rings (SSSR count). The van der Waals surface area contributed by atoms with E-state index < -0.39 is 53.8 Å². The second kappa shape index (κ2) is 44.8. The largest absolute Gasteiger partial charge is 0.507 e. The molecule has 2 heterocycles. The van der Waals surface area contributed by atoms with Crippen LogP contribution in [0.25, 0.3) is 32.7 Å². The van der Waals surface area contributed by atoms with Crippen LogP contribution < -0.4 is 38.9 Å². The van der Waals surface area contributed by atoms with Gasteiger partial charge in [-0.3, -0.25) is 9.78 Å².